The van der Waals surface area contributed by atoms with Crippen LogP contribution in [0.3, 0.4) is 0 Å². The maximum Gasteiger partial charge on any atom is 0.244 e. The number of rotatable bonds is 4. The molecule has 1 atom stereocenters. The van der Waals surface area contributed by atoms with Gasteiger partial charge in [-0.25, -0.2) is 0 Å². The Morgan fingerprint density at radius 3 is 2.65 bits per heavy atom. The molecule has 1 aromatic heterocycles. The van der Waals surface area contributed by atoms with Crippen molar-refractivity contribution in [3.05, 3.63) is 52.8 Å². The summed E-state index contributed by atoms with van der Waals surface area (Å²) in [6.45, 7) is 0.490. The molecule has 20 heavy (non-hydrogen) atoms. The highest BCUT2D eigenvalue weighted by Gasteiger charge is 2.21. The number of halogens is 1. The molecule has 0 fully saturated rings. The van der Waals surface area contributed by atoms with Gasteiger partial charge in [-0.05, 0) is 17.7 Å². The molecule has 0 bridgehead atoms. The van der Waals surface area contributed by atoms with Gasteiger partial charge in [0.1, 0.15) is 6.04 Å². The first-order chi connectivity index (χ1) is 9.47. The van der Waals surface area contributed by atoms with Crippen molar-refractivity contribution in [3.63, 3.8) is 0 Å². The lowest BCUT2D eigenvalue weighted by molar-refractivity contribution is -0.131. The Balaban J connectivity index is 2.03. The summed E-state index contributed by atoms with van der Waals surface area (Å²) >= 11 is 5.83. The molecule has 1 aromatic carbocycles. The molecular formula is C14H17ClN4O. The number of aromatic nitrogens is 2. The molecule has 0 aliphatic rings. The zero-order chi connectivity index (χ0) is 14.7. The first-order valence-corrected chi connectivity index (χ1v) is 6.58. The molecule has 0 saturated heterocycles. The normalized spacial score (nSPS) is 12.2. The Hall–Kier alpha value is -1.85. The van der Waals surface area contributed by atoms with Crippen molar-refractivity contribution < 1.29 is 4.79 Å². The standard InChI is InChI=1S/C14H17ClN4O/c1-18(8-10-3-5-12(15)6-4-10)14(20)13(16)11-7-17-19(2)9-11/h3-7,9,13H,8,16H2,1-2H3. The van der Waals surface area contributed by atoms with E-state index in [4.69, 9.17) is 17.3 Å². The maximum absolute atomic E-state index is 12.3. The van der Waals surface area contributed by atoms with Crippen LogP contribution in [0.5, 0.6) is 0 Å². The predicted octanol–water partition coefficient (Wildman–Crippen LogP) is 1.73. The molecule has 0 aliphatic heterocycles. The summed E-state index contributed by atoms with van der Waals surface area (Å²) in [5, 5.41) is 4.70. The second-order valence-electron chi connectivity index (χ2n) is 4.75. The van der Waals surface area contributed by atoms with E-state index >= 15 is 0 Å². The molecule has 2 rings (SSSR count). The summed E-state index contributed by atoms with van der Waals surface area (Å²) in [4.78, 5) is 13.9. The average molecular weight is 293 g/mol. The second kappa shape index (κ2) is 6.07. The fourth-order valence-corrected chi connectivity index (χ4v) is 2.05. The minimum absolute atomic E-state index is 0.145. The number of benzene rings is 1. The van der Waals surface area contributed by atoms with Gasteiger partial charge in [0.15, 0.2) is 0 Å². The number of nitrogens with zero attached hydrogens (tertiary/aromatic N) is 3. The number of hydrogen-bond acceptors (Lipinski definition) is 3. The lowest BCUT2D eigenvalue weighted by atomic mass is 10.1. The molecule has 106 valence electrons. The van der Waals surface area contributed by atoms with Crippen LogP contribution in [0.15, 0.2) is 36.7 Å². The van der Waals surface area contributed by atoms with Gasteiger partial charge in [-0.1, -0.05) is 23.7 Å². The van der Waals surface area contributed by atoms with Gasteiger partial charge in [-0.3, -0.25) is 9.48 Å². The lowest BCUT2D eigenvalue weighted by Gasteiger charge is -2.20. The molecule has 0 saturated carbocycles. The molecule has 1 unspecified atom stereocenters. The van der Waals surface area contributed by atoms with Crippen molar-refractivity contribution >= 4 is 17.5 Å². The Morgan fingerprint density at radius 2 is 2.10 bits per heavy atom. The zero-order valence-corrected chi connectivity index (χ0v) is 12.2. The fraction of sp³-hybridized carbons (Fsp3) is 0.286. The largest absolute Gasteiger partial charge is 0.340 e. The molecule has 1 heterocycles. The van der Waals surface area contributed by atoms with Crippen LogP contribution >= 0.6 is 11.6 Å². The predicted molar refractivity (Wildman–Crippen MR) is 78.1 cm³/mol. The Labute approximate surface area is 122 Å². The van der Waals surface area contributed by atoms with Crippen LogP contribution in [-0.2, 0) is 18.4 Å². The molecule has 2 aromatic rings. The molecule has 1 amide bonds. The summed E-state index contributed by atoms with van der Waals surface area (Å²) in [5.41, 5.74) is 7.68. The van der Waals surface area contributed by atoms with Crippen molar-refractivity contribution in [2.75, 3.05) is 7.05 Å². The maximum atomic E-state index is 12.3. The third kappa shape index (κ3) is 3.37. The monoisotopic (exact) mass is 292 g/mol. The van der Waals surface area contributed by atoms with Gasteiger partial charge in [0.25, 0.3) is 0 Å². The van der Waals surface area contributed by atoms with Gasteiger partial charge in [-0.15, -0.1) is 0 Å². The number of amides is 1. The lowest BCUT2D eigenvalue weighted by Crippen LogP contribution is -2.35. The van der Waals surface area contributed by atoms with Gasteiger partial charge in [0, 0.05) is 37.4 Å². The second-order valence-corrected chi connectivity index (χ2v) is 5.18. The van der Waals surface area contributed by atoms with Crippen LogP contribution in [0.4, 0.5) is 0 Å². The average Bonchev–Trinajstić information content (AvgIpc) is 2.86. The van der Waals surface area contributed by atoms with Gasteiger partial charge in [0.2, 0.25) is 5.91 Å². The first kappa shape index (κ1) is 14.6. The van der Waals surface area contributed by atoms with Crippen molar-refractivity contribution in [3.8, 4) is 0 Å². The highest BCUT2D eigenvalue weighted by molar-refractivity contribution is 6.30. The van der Waals surface area contributed by atoms with E-state index in [9.17, 15) is 4.79 Å². The van der Waals surface area contributed by atoms with E-state index in [1.807, 2.05) is 12.1 Å². The summed E-state index contributed by atoms with van der Waals surface area (Å²) in [5.74, 6) is -0.145. The Morgan fingerprint density at radius 1 is 1.45 bits per heavy atom. The highest BCUT2D eigenvalue weighted by atomic mass is 35.5. The minimum Gasteiger partial charge on any atom is -0.340 e. The van der Waals surface area contributed by atoms with E-state index in [-0.39, 0.29) is 5.91 Å². The zero-order valence-electron chi connectivity index (χ0n) is 11.5. The summed E-state index contributed by atoms with van der Waals surface area (Å²) in [6.07, 6.45) is 3.36. The number of carbonyl (C=O) groups excluding carboxylic acids is 1. The van der Waals surface area contributed by atoms with E-state index in [0.29, 0.717) is 17.1 Å². The number of hydrogen-bond donors (Lipinski definition) is 1. The van der Waals surface area contributed by atoms with Gasteiger partial charge >= 0.3 is 0 Å². The summed E-state index contributed by atoms with van der Waals surface area (Å²) in [6, 6.07) is 6.69. The fourth-order valence-electron chi connectivity index (χ4n) is 1.92. The van der Waals surface area contributed by atoms with Crippen molar-refractivity contribution in [1.29, 1.82) is 0 Å². The third-order valence-electron chi connectivity index (χ3n) is 3.06. The topological polar surface area (TPSA) is 64.2 Å². The molecule has 2 N–H and O–H groups in total. The van der Waals surface area contributed by atoms with Gasteiger partial charge in [0.05, 0.1) is 6.20 Å². The van der Waals surface area contributed by atoms with Crippen LogP contribution in [0.2, 0.25) is 5.02 Å². The van der Waals surface area contributed by atoms with E-state index in [2.05, 4.69) is 5.10 Å². The first-order valence-electron chi connectivity index (χ1n) is 6.21. The molecule has 5 nitrogen and oxygen atoms in total. The van der Waals surface area contributed by atoms with E-state index < -0.39 is 6.04 Å². The summed E-state index contributed by atoms with van der Waals surface area (Å²) in [7, 11) is 3.52. The van der Waals surface area contributed by atoms with Crippen LogP contribution in [0, 0.1) is 0 Å². The van der Waals surface area contributed by atoms with Crippen LogP contribution in [0.1, 0.15) is 17.2 Å². The molecule has 0 spiro atoms. The van der Waals surface area contributed by atoms with Gasteiger partial charge < -0.3 is 10.6 Å². The Kier molecular flexibility index (Phi) is 4.42. The third-order valence-corrected chi connectivity index (χ3v) is 3.31. The van der Waals surface area contributed by atoms with E-state index in [1.54, 1.807) is 48.2 Å². The van der Waals surface area contributed by atoms with E-state index in [1.165, 1.54) is 0 Å². The summed E-state index contributed by atoms with van der Waals surface area (Å²) < 4.78 is 1.63. The quantitative estimate of drug-likeness (QED) is 0.933. The Bertz CT molecular complexity index is 593. The molecular weight excluding hydrogens is 276 g/mol. The number of likely N-dealkylation sites (N-methyl/N-ethyl adjacent to an activating group) is 1. The smallest absolute Gasteiger partial charge is 0.244 e. The van der Waals surface area contributed by atoms with E-state index in [0.717, 1.165) is 5.56 Å². The molecule has 0 radical (unpaired) electrons. The number of aryl methyl sites for hydroxylation is 1. The highest BCUT2D eigenvalue weighted by Crippen LogP contribution is 2.15. The minimum atomic E-state index is -0.694. The number of carbonyl (C=O) groups is 1. The van der Waals surface area contributed by atoms with Crippen LogP contribution in [0.25, 0.3) is 0 Å². The molecule has 0 aliphatic carbocycles. The molecule has 6 heteroatoms. The van der Waals surface area contributed by atoms with Gasteiger partial charge in [-0.2, -0.15) is 5.10 Å². The van der Waals surface area contributed by atoms with Crippen molar-refractivity contribution in [1.82, 2.24) is 14.7 Å². The van der Waals surface area contributed by atoms with Crippen molar-refractivity contribution in [2.24, 2.45) is 12.8 Å². The SMILES string of the molecule is CN(Cc1ccc(Cl)cc1)C(=O)C(N)c1cnn(C)c1. The van der Waals surface area contributed by atoms with Crippen LogP contribution < -0.4 is 5.73 Å². The van der Waals surface area contributed by atoms with Crippen molar-refractivity contribution in [2.45, 2.75) is 12.6 Å². The number of nitrogens with two attached hydrogens (primary N) is 1. The van der Waals surface area contributed by atoms with Crippen LogP contribution in [-0.4, -0.2) is 27.6 Å².